The molecule has 0 fully saturated rings. The molecule has 4 heterocycles. The number of amides is 1. The first-order valence-corrected chi connectivity index (χ1v) is 10.5. The number of carbonyl (C=O) groups excluding carboxylic acids is 1. The van der Waals surface area contributed by atoms with Crippen molar-refractivity contribution in [3.8, 4) is 11.4 Å². The number of hydrogen-bond donors (Lipinski definition) is 0. The fraction of sp³-hybridized carbons (Fsp3) is 0.348. The van der Waals surface area contributed by atoms with Crippen molar-refractivity contribution in [2.75, 3.05) is 18.6 Å². The van der Waals surface area contributed by atoms with Crippen LogP contribution in [0.1, 0.15) is 39.7 Å². The highest BCUT2D eigenvalue weighted by Crippen LogP contribution is 2.39. The largest absolute Gasteiger partial charge is 0.496 e. The molecule has 0 N–H and O–H groups in total. The smallest absolute Gasteiger partial charge is 0.419 e. The Morgan fingerprint density at radius 3 is 2.79 bits per heavy atom. The Hall–Kier alpha value is -3.40. The van der Waals surface area contributed by atoms with Gasteiger partial charge in [-0.3, -0.25) is 14.7 Å². The molecule has 0 saturated carbocycles. The van der Waals surface area contributed by atoms with Crippen LogP contribution < -0.4 is 9.64 Å². The summed E-state index contributed by atoms with van der Waals surface area (Å²) in [6.07, 6.45) is -0.438. The Balaban J connectivity index is 1.64. The van der Waals surface area contributed by atoms with Crippen LogP contribution in [0.25, 0.3) is 5.69 Å². The van der Waals surface area contributed by atoms with Gasteiger partial charge in [0.15, 0.2) is 5.82 Å². The summed E-state index contributed by atoms with van der Waals surface area (Å²) in [7, 11) is 1.20. The molecule has 0 radical (unpaired) electrons. The fourth-order valence-corrected chi connectivity index (χ4v) is 4.42. The minimum absolute atomic E-state index is 0.110. The highest BCUT2D eigenvalue weighted by atomic mass is 19.4. The highest BCUT2D eigenvalue weighted by molar-refractivity contribution is 6.09. The van der Waals surface area contributed by atoms with E-state index in [0.29, 0.717) is 43.1 Å². The Labute approximate surface area is 187 Å². The first-order chi connectivity index (χ1) is 15.8. The summed E-state index contributed by atoms with van der Waals surface area (Å²) in [6.45, 7) is 2.74. The number of anilines is 1. The number of pyridine rings is 1. The molecule has 2 aliphatic heterocycles. The molecule has 0 spiro atoms. The topological polar surface area (TPSA) is 69.5 Å². The van der Waals surface area contributed by atoms with E-state index in [0.717, 1.165) is 22.9 Å². The summed E-state index contributed by atoms with van der Waals surface area (Å²) in [5.74, 6) is -0.00372. The zero-order chi connectivity index (χ0) is 23.3. The summed E-state index contributed by atoms with van der Waals surface area (Å²) in [6, 6.07) is 5.47. The molecule has 0 bridgehead atoms. The average molecular weight is 458 g/mol. The molecule has 0 saturated heterocycles. The van der Waals surface area contributed by atoms with E-state index in [9.17, 15) is 18.0 Å². The lowest BCUT2D eigenvalue weighted by molar-refractivity contribution is -0.138. The predicted molar refractivity (Wildman–Crippen MR) is 113 cm³/mol. The number of nitrogens with zero attached hydrogens (tertiary/aromatic N) is 4. The second kappa shape index (κ2) is 7.87. The lowest BCUT2D eigenvalue weighted by Crippen LogP contribution is -2.25. The second-order valence-corrected chi connectivity index (χ2v) is 8.10. The molecule has 1 atom stereocenters. The molecule has 1 aromatic carbocycles. The van der Waals surface area contributed by atoms with Gasteiger partial charge in [-0.25, -0.2) is 4.68 Å². The molecular formula is C23H21F3N4O3. The van der Waals surface area contributed by atoms with Crippen molar-refractivity contribution in [3.63, 3.8) is 0 Å². The van der Waals surface area contributed by atoms with Crippen LogP contribution in [0.3, 0.4) is 0 Å². The minimum atomic E-state index is -4.54. The van der Waals surface area contributed by atoms with Crippen molar-refractivity contribution in [2.45, 2.75) is 38.6 Å². The van der Waals surface area contributed by atoms with Gasteiger partial charge in [-0.1, -0.05) is 0 Å². The average Bonchev–Trinajstić information content (AvgIpc) is 3.23. The van der Waals surface area contributed by atoms with Gasteiger partial charge in [-0.15, -0.1) is 5.10 Å². The molecule has 7 nitrogen and oxygen atoms in total. The maximum Gasteiger partial charge on any atom is 0.419 e. The SMILES string of the molecule is COc1cc(-n2nc(N3Cc4ccncc4C3=O)c3c2C[C@@H](C)OCC3)ccc1C(F)(F)F. The van der Waals surface area contributed by atoms with E-state index in [-0.39, 0.29) is 17.8 Å². The van der Waals surface area contributed by atoms with Crippen molar-refractivity contribution in [2.24, 2.45) is 0 Å². The maximum atomic E-state index is 13.4. The summed E-state index contributed by atoms with van der Waals surface area (Å²) in [5, 5.41) is 4.73. The molecule has 10 heteroatoms. The van der Waals surface area contributed by atoms with Gasteiger partial charge in [0, 0.05) is 36.9 Å². The second-order valence-electron chi connectivity index (χ2n) is 8.10. The van der Waals surface area contributed by atoms with E-state index in [1.165, 1.54) is 19.2 Å². The van der Waals surface area contributed by atoms with Crippen LogP contribution in [0.5, 0.6) is 5.75 Å². The Morgan fingerprint density at radius 1 is 1.24 bits per heavy atom. The molecule has 33 heavy (non-hydrogen) atoms. The number of alkyl halides is 3. The normalized spacial score (nSPS) is 18.2. The number of ether oxygens (including phenoxy) is 2. The van der Waals surface area contributed by atoms with E-state index < -0.39 is 11.7 Å². The standard InChI is InChI=1S/C23H21F3N4O3/c1-13-9-19-16(6-8-33-13)21(29-12-14-5-7-27-11-17(14)22(29)31)28-30(19)15-3-4-18(23(24,25)26)20(10-15)32-2/h3-5,7,10-11,13H,6,8-9,12H2,1-2H3/t13-/m1/s1. The van der Waals surface area contributed by atoms with Crippen LogP contribution >= 0.6 is 0 Å². The number of methoxy groups -OCH3 is 1. The number of fused-ring (bicyclic) bond motifs is 2. The van der Waals surface area contributed by atoms with Gasteiger partial charge in [-0.05, 0) is 30.7 Å². The Bertz CT molecular complexity index is 1240. The van der Waals surface area contributed by atoms with Crippen LogP contribution in [0.15, 0.2) is 36.7 Å². The number of halogens is 3. The molecule has 1 amide bonds. The molecule has 5 rings (SSSR count). The zero-order valence-corrected chi connectivity index (χ0v) is 18.0. The molecule has 3 aromatic rings. The van der Waals surface area contributed by atoms with Crippen LogP contribution in [-0.4, -0.2) is 40.5 Å². The summed E-state index contributed by atoms with van der Waals surface area (Å²) in [4.78, 5) is 18.7. The highest BCUT2D eigenvalue weighted by Gasteiger charge is 2.36. The van der Waals surface area contributed by atoms with Gasteiger partial charge in [0.2, 0.25) is 0 Å². The van der Waals surface area contributed by atoms with E-state index in [1.807, 2.05) is 6.92 Å². The first-order valence-electron chi connectivity index (χ1n) is 10.5. The predicted octanol–water partition coefficient (Wildman–Crippen LogP) is 3.96. The number of hydrogen-bond acceptors (Lipinski definition) is 5. The quantitative estimate of drug-likeness (QED) is 0.594. The van der Waals surface area contributed by atoms with Gasteiger partial charge in [0.1, 0.15) is 5.75 Å². The van der Waals surface area contributed by atoms with Gasteiger partial charge < -0.3 is 9.47 Å². The van der Waals surface area contributed by atoms with Crippen LogP contribution in [0.4, 0.5) is 19.0 Å². The van der Waals surface area contributed by atoms with Crippen LogP contribution in [-0.2, 0) is 30.3 Å². The fourth-order valence-electron chi connectivity index (χ4n) is 4.42. The molecule has 0 aliphatic carbocycles. The lowest BCUT2D eigenvalue weighted by Gasteiger charge is -2.15. The summed E-state index contributed by atoms with van der Waals surface area (Å²) < 4.78 is 52.5. The molecule has 2 aliphatic rings. The summed E-state index contributed by atoms with van der Waals surface area (Å²) >= 11 is 0. The minimum Gasteiger partial charge on any atom is -0.496 e. The number of carbonyl (C=O) groups is 1. The molecular weight excluding hydrogens is 437 g/mol. The third-order valence-corrected chi connectivity index (χ3v) is 6.01. The molecule has 2 aromatic heterocycles. The van der Waals surface area contributed by atoms with Crippen LogP contribution in [0, 0.1) is 0 Å². The number of benzene rings is 1. The third-order valence-electron chi connectivity index (χ3n) is 6.01. The Kier molecular flexibility index (Phi) is 5.12. The summed E-state index contributed by atoms with van der Waals surface area (Å²) in [5.41, 5.74) is 2.60. The van der Waals surface area contributed by atoms with E-state index in [4.69, 9.17) is 14.6 Å². The van der Waals surface area contributed by atoms with Crippen molar-refractivity contribution >= 4 is 11.7 Å². The molecule has 0 unspecified atom stereocenters. The van der Waals surface area contributed by atoms with Crippen molar-refractivity contribution in [1.82, 2.24) is 14.8 Å². The van der Waals surface area contributed by atoms with Crippen molar-refractivity contribution < 1.29 is 27.4 Å². The first kappa shape index (κ1) is 21.4. The van der Waals surface area contributed by atoms with E-state index >= 15 is 0 Å². The third kappa shape index (κ3) is 3.64. The van der Waals surface area contributed by atoms with Crippen LogP contribution in [0.2, 0.25) is 0 Å². The lowest BCUT2D eigenvalue weighted by atomic mass is 10.1. The maximum absolute atomic E-state index is 13.4. The van der Waals surface area contributed by atoms with E-state index in [2.05, 4.69) is 4.98 Å². The van der Waals surface area contributed by atoms with Gasteiger partial charge >= 0.3 is 6.18 Å². The van der Waals surface area contributed by atoms with Crippen molar-refractivity contribution in [3.05, 3.63) is 64.6 Å². The Morgan fingerprint density at radius 2 is 2.06 bits per heavy atom. The van der Waals surface area contributed by atoms with E-state index in [1.54, 1.807) is 28.0 Å². The number of aromatic nitrogens is 3. The zero-order valence-electron chi connectivity index (χ0n) is 18.0. The van der Waals surface area contributed by atoms with Gasteiger partial charge in [-0.2, -0.15) is 13.2 Å². The van der Waals surface area contributed by atoms with Gasteiger partial charge in [0.05, 0.1) is 48.9 Å². The van der Waals surface area contributed by atoms with Gasteiger partial charge in [0.25, 0.3) is 5.91 Å². The number of rotatable bonds is 3. The monoisotopic (exact) mass is 458 g/mol. The van der Waals surface area contributed by atoms with Crippen molar-refractivity contribution in [1.29, 1.82) is 0 Å². The molecule has 172 valence electrons.